The van der Waals surface area contributed by atoms with E-state index in [-0.39, 0.29) is 12.0 Å². The standard InChI is InChI=1S/C12H14FNO3/c1-7-3-4-9(6-10(7)13)12(17)14-8(2)5-11(15)16/h3-4,6,8H,5H2,1-2H3,(H,14,17)(H,15,16). The van der Waals surface area contributed by atoms with Gasteiger partial charge in [-0.15, -0.1) is 0 Å². The highest BCUT2D eigenvalue weighted by Gasteiger charge is 2.13. The predicted molar refractivity (Wildman–Crippen MR) is 60.3 cm³/mol. The fourth-order valence-corrected chi connectivity index (χ4v) is 1.35. The lowest BCUT2D eigenvalue weighted by molar-refractivity contribution is -0.137. The summed E-state index contributed by atoms with van der Waals surface area (Å²) in [4.78, 5) is 22.0. The summed E-state index contributed by atoms with van der Waals surface area (Å²) in [7, 11) is 0. The molecule has 0 radical (unpaired) electrons. The van der Waals surface area contributed by atoms with E-state index < -0.39 is 23.7 Å². The van der Waals surface area contributed by atoms with Crippen LogP contribution < -0.4 is 5.32 Å². The number of carboxylic acid groups (broad SMARTS) is 1. The van der Waals surface area contributed by atoms with Gasteiger partial charge in [0.05, 0.1) is 6.42 Å². The summed E-state index contributed by atoms with van der Waals surface area (Å²) in [5.74, 6) is -1.92. The number of nitrogens with one attached hydrogen (secondary N) is 1. The highest BCUT2D eigenvalue weighted by molar-refractivity contribution is 5.94. The van der Waals surface area contributed by atoms with E-state index in [4.69, 9.17) is 5.11 Å². The lowest BCUT2D eigenvalue weighted by Gasteiger charge is -2.11. The smallest absolute Gasteiger partial charge is 0.305 e. The van der Waals surface area contributed by atoms with Crippen molar-refractivity contribution < 1.29 is 19.1 Å². The van der Waals surface area contributed by atoms with Crippen LogP contribution in [-0.2, 0) is 4.79 Å². The fraction of sp³-hybridized carbons (Fsp3) is 0.333. The van der Waals surface area contributed by atoms with Crippen molar-refractivity contribution in [1.29, 1.82) is 0 Å². The molecule has 5 heteroatoms. The van der Waals surface area contributed by atoms with Gasteiger partial charge in [-0.1, -0.05) is 6.07 Å². The molecule has 0 saturated carbocycles. The molecule has 0 fully saturated rings. The molecule has 0 aliphatic carbocycles. The van der Waals surface area contributed by atoms with Crippen molar-refractivity contribution in [3.8, 4) is 0 Å². The number of carboxylic acids is 1. The van der Waals surface area contributed by atoms with Gasteiger partial charge in [-0.3, -0.25) is 9.59 Å². The normalized spacial score (nSPS) is 11.9. The van der Waals surface area contributed by atoms with E-state index in [1.54, 1.807) is 13.8 Å². The average Bonchev–Trinajstić information content (AvgIpc) is 2.20. The number of hydrogen-bond donors (Lipinski definition) is 2. The summed E-state index contributed by atoms with van der Waals surface area (Å²) in [6, 6.07) is 3.65. The lowest BCUT2D eigenvalue weighted by atomic mass is 10.1. The number of amides is 1. The van der Waals surface area contributed by atoms with Crippen LogP contribution in [0.1, 0.15) is 29.3 Å². The molecule has 0 spiro atoms. The van der Waals surface area contributed by atoms with Crippen LogP contribution >= 0.6 is 0 Å². The Bertz CT molecular complexity index is 445. The second-order valence-corrected chi connectivity index (χ2v) is 3.94. The number of benzene rings is 1. The van der Waals surface area contributed by atoms with Crippen molar-refractivity contribution >= 4 is 11.9 Å². The molecule has 1 aromatic rings. The number of aliphatic carboxylic acids is 1. The fourth-order valence-electron chi connectivity index (χ4n) is 1.35. The van der Waals surface area contributed by atoms with Gasteiger partial charge in [0, 0.05) is 11.6 Å². The number of aryl methyl sites for hydroxylation is 1. The quantitative estimate of drug-likeness (QED) is 0.840. The average molecular weight is 239 g/mol. The molecule has 92 valence electrons. The SMILES string of the molecule is Cc1ccc(C(=O)NC(C)CC(=O)O)cc1F. The van der Waals surface area contributed by atoms with Gasteiger partial charge in [-0.2, -0.15) is 0 Å². The molecule has 0 bridgehead atoms. The summed E-state index contributed by atoms with van der Waals surface area (Å²) in [5.41, 5.74) is 0.644. The zero-order valence-electron chi connectivity index (χ0n) is 9.66. The largest absolute Gasteiger partial charge is 0.481 e. The van der Waals surface area contributed by atoms with Gasteiger partial charge >= 0.3 is 5.97 Å². The first-order valence-corrected chi connectivity index (χ1v) is 5.19. The molecule has 1 atom stereocenters. The van der Waals surface area contributed by atoms with Crippen molar-refractivity contribution in [3.63, 3.8) is 0 Å². The third-order valence-corrected chi connectivity index (χ3v) is 2.29. The minimum Gasteiger partial charge on any atom is -0.481 e. The maximum atomic E-state index is 13.2. The van der Waals surface area contributed by atoms with Gasteiger partial charge in [0.15, 0.2) is 0 Å². The third kappa shape index (κ3) is 3.86. The molecule has 1 rings (SSSR count). The van der Waals surface area contributed by atoms with E-state index in [1.165, 1.54) is 12.1 Å². The Hall–Kier alpha value is -1.91. The van der Waals surface area contributed by atoms with Crippen LogP contribution in [0.25, 0.3) is 0 Å². The number of hydrogen-bond acceptors (Lipinski definition) is 2. The molecule has 0 aliphatic rings. The zero-order valence-corrected chi connectivity index (χ0v) is 9.66. The highest BCUT2D eigenvalue weighted by Crippen LogP contribution is 2.09. The van der Waals surface area contributed by atoms with Crippen molar-refractivity contribution in [2.45, 2.75) is 26.3 Å². The van der Waals surface area contributed by atoms with Crippen LogP contribution in [0.2, 0.25) is 0 Å². The van der Waals surface area contributed by atoms with Gasteiger partial charge in [0.1, 0.15) is 5.82 Å². The Morgan fingerprint density at radius 1 is 1.47 bits per heavy atom. The molecule has 1 unspecified atom stereocenters. The molecule has 0 aromatic heterocycles. The van der Waals surface area contributed by atoms with Crippen LogP contribution in [0, 0.1) is 12.7 Å². The monoisotopic (exact) mass is 239 g/mol. The molecule has 0 saturated heterocycles. The van der Waals surface area contributed by atoms with Gasteiger partial charge in [-0.25, -0.2) is 4.39 Å². The Labute approximate surface area is 98.5 Å². The molecular formula is C12H14FNO3. The molecular weight excluding hydrogens is 225 g/mol. The minimum atomic E-state index is -0.993. The van der Waals surface area contributed by atoms with Crippen molar-refractivity contribution in [1.82, 2.24) is 5.32 Å². The highest BCUT2D eigenvalue weighted by atomic mass is 19.1. The summed E-state index contributed by atoms with van der Waals surface area (Å²) >= 11 is 0. The number of carbonyl (C=O) groups is 2. The Balaban J connectivity index is 2.70. The maximum absolute atomic E-state index is 13.2. The van der Waals surface area contributed by atoms with Crippen LogP contribution in [-0.4, -0.2) is 23.0 Å². The molecule has 0 heterocycles. The first-order chi connectivity index (χ1) is 7.90. The van der Waals surface area contributed by atoms with Crippen LogP contribution in [0.15, 0.2) is 18.2 Å². The maximum Gasteiger partial charge on any atom is 0.305 e. The topological polar surface area (TPSA) is 66.4 Å². The summed E-state index contributed by atoms with van der Waals surface area (Å²) < 4.78 is 13.2. The molecule has 1 amide bonds. The third-order valence-electron chi connectivity index (χ3n) is 2.29. The van der Waals surface area contributed by atoms with Crippen molar-refractivity contribution in [2.75, 3.05) is 0 Å². The number of carbonyl (C=O) groups excluding carboxylic acids is 1. The Morgan fingerprint density at radius 2 is 2.12 bits per heavy atom. The van der Waals surface area contributed by atoms with Crippen LogP contribution in [0.5, 0.6) is 0 Å². The van der Waals surface area contributed by atoms with Crippen LogP contribution in [0.4, 0.5) is 4.39 Å². The predicted octanol–water partition coefficient (Wildman–Crippen LogP) is 1.73. The molecule has 0 aliphatic heterocycles. The van der Waals surface area contributed by atoms with Crippen molar-refractivity contribution in [2.24, 2.45) is 0 Å². The zero-order chi connectivity index (χ0) is 13.0. The Morgan fingerprint density at radius 3 is 2.65 bits per heavy atom. The molecule has 17 heavy (non-hydrogen) atoms. The number of rotatable bonds is 4. The Kier molecular flexibility index (Phi) is 4.20. The van der Waals surface area contributed by atoms with E-state index >= 15 is 0 Å². The molecule has 2 N–H and O–H groups in total. The summed E-state index contributed by atoms with van der Waals surface area (Å²) in [6.07, 6.45) is -0.167. The van der Waals surface area contributed by atoms with E-state index in [1.807, 2.05) is 0 Å². The second-order valence-electron chi connectivity index (χ2n) is 3.94. The summed E-state index contributed by atoms with van der Waals surface area (Å²) in [5, 5.41) is 11.0. The molecule has 4 nitrogen and oxygen atoms in total. The first-order valence-electron chi connectivity index (χ1n) is 5.19. The van der Waals surface area contributed by atoms with Gasteiger partial charge in [0.25, 0.3) is 5.91 Å². The lowest BCUT2D eigenvalue weighted by Crippen LogP contribution is -2.34. The van der Waals surface area contributed by atoms with Gasteiger partial charge in [-0.05, 0) is 31.5 Å². The van der Waals surface area contributed by atoms with Crippen LogP contribution in [0.3, 0.4) is 0 Å². The van der Waals surface area contributed by atoms with Gasteiger partial charge in [0.2, 0.25) is 0 Å². The minimum absolute atomic E-state index is 0.167. The van der Waals surface area contributed by atoms with E-state index in [0.29, 0.717) is 5.56 Å². The van der Waals surface area contributed by atoms with E-state index in [2.05, 4.69) is 5.32 Å². The van der Waals surface area contributed by atoms with Crippen molar-refractivity contribution in [3.05, 3.63) is 35.1 Å². The van der Waals surface area contributed by atoms with Gasteiger partial charge < -0.3 is 10.4 Å². The number of halogens is 1. The van der Waals surface area contributed by atoms with E-state index in [9.17, 15) is 14.0 Å². The second kappa shape index (κ2) is 5.43. The summed E-state index contributed by atoms with van der Waals surface area (Å²) in [6.45, 7) is 3.18. The first kappa shape index (κ1) is 13.2. The van der Waals surface area contributed by atoms with E-state index in [0.717, 1.165) is 6.07 Å². The molecule has 1 aromatic carbocycles.